The molecule has 1 aliphatic heterocycles. The van der Waals surface area contributed by atoms with Gasteiger partial charge in [-0.2, -0.15) is 0 Å². The summed E-state index contributed by atoms with van der Waals surface area (Å²) in [5.74, 6) is 0.597. The number of aliphatic hydroxyl groups is 1. The van der Waals surface area contributed by atoms with Crippen molar-refractivity contribution in [3.8, 4) is 0 Å². The summed E-state index contributed by atoms with van der Waals surface area (Å²) < 4.78 is 6.53. The molecule has 3 heterocycles. The van der Waals surface area contributed by atoms with Crippen LogP contribution in [0.2, 0.25) is 0 Å². The van der Waals surface area contributed by atoms with Gasteiger partial charge in [0.05, 0.1) is 12.6 Å². The Morgan fingerprint density at radius 1 is 1.48 bits per heavy atom. The third-order valence-electron chi connectivity index (χ3n) is 4.19. The molecule has 120 valence electrons. The van der Waals surface area contributed by atoms with Crippen molar-refractivity contribution in [3.63, 3.8) is 0 Å². The molecule has 2 N–H and O–H groups in total. The molecule has 6 nitrogen and oxygen atoms in total. The van der Waals surface area contributed by atoms with E-state index in [2.05, 4.69) is 30.8 Å². The molecular formula is C16H16BrN3O3. The Hall–Kier alpha value is -1.70. The van der Waals surface area contributed by atoms with Gasteiger partial charge in [-0.15, -0.1) is 0 Å². The zero-order chi connectivity index (χ0) is 16.0. The molecular weight excluding hydrogens is 362 g/mol. The summed E-state index contributed by atoms with van der Waals surface area (Å²) in [6.07, 6.45) is 1.49. The average Bonchev–Trinajstić information content (AvgIpc) is 2.86. The zero-order valence-electron chi connectivity index (χ0n) is 12.4. The fourth-order valence-electron chi connectivity index (χ4n) is 3.13. The van der Waals surface area contributed by atoms with E-state index in [1.54, 1.807) is 0 Å². The number of hydrogen-bond donors (Lipinski definition) is 2. The van der Waals surface area contributed by atoms with Crippen LogP contribution in [0.25, 0.3) is 22.1 Å². The minimum Gasteiger partial charge on any atom is -0.449 e. The molecule has 1 fully saturated rings. The molecule has 0 amide bonds. The number of nitrogens with one attached hydrogen (secondary N) is 1. The van der Waals surface area contributed by atoms with Gasteiger partial charge in [0.25, 0.3) is 5.56 Å². The van der Waals surface area contributed by atoms with Gasteiger partial charge in [-0.3, -0.25) is 9.69 Å². The van der Waals surface area contributed by atoms with E-state index >= 15 is 0 Å². The number of benzene rings is 1. The van der Waals surface area contributed by atoms with Crippen LogP contribution in [0.5, 0.6) is 0 Å². The number of piperidine rings is 1. The molecule has 1 atom stereocenters. The second-order valence-corrected chi connectivity index (χ2v) is 6.88. The fourth-order valence-corrected chi connectivity index (χ4v) is 3.49. The van der Waals surface area contributed by atoms with Crippen LogP contribution in [-0.4, -0.2) is 39.2 Å². The highest BCUT2D eigenvalue weighted by Gasteiger charge is 2.20. The number of aromatic nitrogens is 2. The number of halogens is 1. The predicted octanol–water partition coefficient (Wildman–Crippen LogP) is 2.39. The fraction of sp³-hybridized carbons (Fsp3) is 0.375. The number of H-pyrrole nitrogens is 1. The predicted molar refractivity (Wildman–Crippen MR) is 90.4 cm³/mol. The number of likely N-dealkylation sites (tertiary alicyclic amines) is 1. The van der Waals surface area contributed by atoms with E-state index in [1.807, 2.05) is 18.2 Å². The van der Waals surface area contributed by atoms with Crippen LogP contribution in [-0.2, 0) is 6.54 Å². The minimum absolute atomic E-state index is 0.250. The molecule has 1 aliphatic rings. The van der Waals surface area contributed by atoms with Gasteiger partial charge in [-0.25, -0.2) is 4.98 Å². The molecule has 0 bridgehead atoms. The summed E-state index contributed by atoms with van der Waals surface area (Å²) in [5.41, 5.74) is 1.21. The van der Waals surface area contributed by atoms with Crippen molar-refractivity contribution >= 4 is 38.0 Å². The van der Waals surface area contributed by atoms with Crippen LogP contribution >= 0.6 is 15.9 Å². The van der Waals surface area contributed by atoms with Gasteiger partial charge in [0.2, 0.25) is 5.58 Å². The Labute approximate surface area is 140 Å². The zero-order valence-corrected chi connectivity index (χ0v) is 14.0. The van der Waals surface area contributed by atoms with Gasteiger partial charge in [-0.1, -0.05) is 15.9 Å². The number of rotatable bonds is 2. The highest BCUT2D eigenvalue weighted by molar-refractivity contribution is 9.10. The standard InChI is InChI=1S/C16H16BrN3O3/c17-9-3-4-12-11(6-9)14-15(23-12)16(22)19-13(18-14)8-20-5-1-2-10(21)7-20/h3-4,6,10,21H,1-2,5,7-8H2,(H,18,19,22)/t10-/m0/s1. The maximum atomic E-state index is 12.3. The maximum absolute atomic E-state index is 12.3. The topological polar surface area (TPSA) is 82.4 Å². The van der Waals surface area contributed by atoms with Crippen LogP contribution in [0.15, 0.2) is 31.9 Å². The van der Waals surface area contributed by atoms with Crippen LogP contribution < -0.4 is 5.56 Å². The summed E-state index contributed by atoms with van der Waals surface area (Å²) in [6.45, 7) is 2.03. The monoisotopic (exact) mass is 377 g/mol. The van der Waals surface area contributed by atoms with Gasteiger partial charge < -0.3 is 14.5 Å². The summed E-state index contributed by atoms with van der Waals surface area (Å²) in [4.78, 5) is 21.8. The maximum Gasteiger partial charge on any atom is 0.294 e. The first-order chi connectivity index (χ1) is 11.1. The van der Waals surface area contributed by atoms with E-state index in [0.717, 1.165) is 29.2 Å². The van der Waals surface area contributed by atoms with Crippen LogP contribution in [0.1, 0.15) is 18.7 Å². The first-order valence-electron chi connectivity index (χ1n) is 7.61. The lowest BCUT2D eigenvalue weighted by Crippen LogP contribution is -2.38. The number of furan rings is 1. The van der Waals surface area contributed by atoms with Gasteiger partial charge in [0, 0.05) is 16.4 Å². The molecule has 7 heteroatoms. The van der Waals surface area contributed by atoms with Crippen molar-refractivity contribution < 1.29 is 9.52 Å². The van der Waals surface area contributed by atoms with Crippen molar-refractivity contribution in [2.75, 3.05) is 13.1 Å². The normalized spacial score (nSPS) is 19.7. The van der Waals surface area contributed by atoms with E-state index in [-0.39, 0.29) is 17.2 Å². The molecule has 23 heavy (non-hydrogen) atoms. The first-order valence-corrected chi connectivity index (χ1v) is 8.41. The second-order valence-electron chi connectivity index (χ2n) is 5.96. The SMILES string of the molecule is O=c1[nH]c(CN2CCC[C@H](O)C2)nc2c1oc1ccc(Br)cc12. The van der Waals surface area contributed by atoms with Gasteiger partial charge >= 0.3 is 0 Å². The van der Waals surface area contributed by atoms with Crippen molar-refractivity contribution in [2.24, 2.45) is 0 Å². The summed E-state index contributed by atoms with van der Waals surface area (Å²) in [7, 11) is 0. The highest BCUT2D eigenvalue weighted by Crippen LogP contribution is 2.28. The largest absolute Gasteiger partial charge is 0.449 e. The summed E-state index contributed by atoms with van der Waals surface area (Å²) in [5, 5.41) is 10.6. The highest BCUT2D eigenvalue weighted by atomic mass is 79.9. The molecule has 2 aromatic heterocycles. The summed E-state index contributed by atoms with van der Waals surface area (Å²) in [6, 6.07) is 5.60. The van der Waals surface area contributed by atoms with Crippen molar-refractivity contribution in [1.82, 2.24) is 14.9 Å². The number of aliphatic hydroxyl groups excluding tert-OH is 1. The van der Waals surface area contributed by atoms with E-state index in [9.17, 15) is 9.90 Å². The molecule has 0 aliphatic carbocycles. The molecule has 1 saturated heterocycles. The molecule has 0 spiro atoms. The second kappa shape index (κ2) is 5.74. The first kappa shape index (κ1) is 14.9. The number of aromatic amines is 1. The lowest BCUT2D eigenvalue weighted by Gasteiger charge is -2.29. The third-order valence-corrected chi connectivity index (χ3v) is 4.68. The Bertz CT molecular complexity index is 933. The van der Waals surface area contributed by atoms with Gasteiger partial charge in [0.1, 0.15) is 16.9 Å². The number of β-amino-alcohol motifs (C(OH)–C–C–N with tert-alkyl or cyclic N) is 1. The van der Waals surface area contributed by atoms with Crippen LogP contribution in [0.3, 0.4) is 0 Å². The van der Waals surface area contributed by atoms with Crippen LogP contribution in [0, 0.1) is 0 Å². The van der Waals surface area contributed by atoms with Gasteiger partial charge in [-0.05, 0) is 37.6 Å². The van der Waals surface area contributed by atoms with Crippen molar-refractivity contribution in [1.29, 1.82) is 0 Å². The quantitative estimate of drug-likeness (QED) is 0.716. The molecule has 3 aromatic rings. The van der Waals surface area contributed by atoms with Crippen LogP contribution in [0.4, 0.5) is 0 Å². The number of hydrogen-bond acceptors (Lipinski definition) is 5. The van der Waals surface area contributed by atoms with Gasteiger partial charge in [0.15, 0.2) is 0 Å². The summed E-state index contributed by atoms with van der Waals surface area (Å²) >= 11 is 3.43. The Morgan fingerprint density at radius 3 is 3.17 bits per heavy atom. The Balaban J connectivity index is 1.77. The Morgan fingerprint density at radius 2 is 2.35 bits per heavy atom. The average molecular weight is 378 g/mol. The number of nitrogens with zero attached hydrogens (tertiary/aromatic N) is 2. The molecule has 0 saturated carbocycles. The molecule has 1 aromatic carbocycles. The Kier molecular flexibility index (Phi) is 3.71. The minimum atomic E-state index is -0.301. The van der Waals surface area contributed by atoms with E-state index in [1.165, 1.54) is 0 Å². The smallest absolute Gasteiger partial charge is 0.294 e. The third kappa shape index (κ3) is 2.80. The van der Waals surface area contributed by atoms with E-state index in [4.69, 9.17) is 4.42 Å². The lowest BCUT2D eigenvalue weighted by atomic mass is 10.1. The van der Waals surface area contributed by atoms with E-state index < -0.39 is 0 Å². The van der Waals surface area contributed by atoms with Crippen molar-refractivity contribution in [2.45, 2.75) is 25.5 Å². The molecule has 0 unspecified atom stereocenters. The molecule has 4 rings (SSSR count). The number of fused-ring (bicyclic) bond motifs is 3. The van der Waals surface area contributed by atoms with Crippen molar-refractivity contribution in [3.05, 3.63) is 38.9 Å². The van der Waals surface area contributed by atoms with E-state index in [0.29, 0.717) is 30.0 Å². The molecule has 0 radical (unpaired) electrons. The lowest BCUT2D eigenvalue weighted by molar-refractivity contribution is 0.0655.